The molecule has 3 heterocycles. The number of amides is 1. The molecule has 2 aromatic heterocycles. The zero-order chi connectivity index (χ0) is 22.1. The van der Waals surface area contributed by atoms with Gasteiger partial charge in [-0.3, -0.25) is 4.79 Å². The molecule has 0 fully saturated rings. The van der Waals surface area contributed by atoms with E-state index in [0.717, 1.165) is 20.8 Å². The number of fused-ring (bicyclic) bond motifs is 2. The first-order valence-electron chi connectivity index (χ1n) is 10.4. The second-order valence-electron chi connectivity index (χ2n) is 7.68. The van der Waals surface area contributed by atoms with Gasteiger partial charge in [-0.1, -0.05) is 30.0 Å². The number of nitrogens with zero attached hydrogens (tertiary/aromatic N) is 3. The van der Waals surface area contributed by atoms with Gasteiger partial charge in [0.25, 0.3) is 5.91 Å². The van der Waals surface area contributed by atoms with Gasteiger partial charge < -0.3 is 14.8 Å². The molecule has 0 saturated carbocycles. The summed E-state index contributed by atoms with van der Waals surface area (Å²) in [4.78, 5) is 19.5. The van der Waals surface area contributed by atoms with Crippen molar-refractivity contribution in [2.75, 3.05) is 18.5 Å². The number of hydrogen-bond donors (Lipinski definition) is 1. The third-order valence-electron chi connectivity index (χ3n) is 5.05. The lowest BCUT2D eigenvalue weighted by Crippen LogP contribution is -2.17. The summed E-state index contributed by atoms with van der Waals surface area (Å²) in [7, 11) is 0. The van der Waals surface area contributed by atoms with Crippen LogP contribution >= 0.6 is 11.8 Å². The smallest absolute Gasteiger partial charge is 0.257 e. The highest BCUT2D eigenvalue weighted by Crippen LogP contribution is 2.42. The van der Waals surface area contributed by atoms with Crippen LogP contribution in [0.15, 0.2) is 70.7 Å². The van der Waals surface area contributed by atoms with E-state index < -0.39 is 0 Å². The number of nitrogens with one attached hydrogen (secondary N) is 1. The van der Waals surface area contributed by atoms with Crippen LogP contribution in [-0.2, 0) is 0 Å². The van der Waals surface area contributed by atoms with Gasteiger partial charge in [0.05, 0.1) is 17.4 Å². The Bertz CT molecular complexity index is 1290. The van der Waals surface area contributed by atoms with Crippen molar-refractivity contribution >= 4 is 34.4 Å². The van der Waals surface area contributed by atoms with E-state index in [1.165, 1.54) is 0 Å². The molecule has 0 saturated heterocycles. The number of aromatic nitrogens is 3. The predicted octanol–water partition coefficient (Wildman–Crippen LogP) is 5.19. The summed E-state index contributed by atoms with van der Waals surface area (Å²) in [5.74, 6) is 1.05. The Morgan fingerprint density at radius 2 is 1.81 bits per heavy atom. The zero-order valence-electron chi connectivity index (χ0n) is 17.7. The number of hydrogen-bond acceptors (Lipinski definition) is 6. The molecule has 1 N–H and O–H groups in total. The lowest BCUT2D eigenvalue weighted by molar-refractivity contribution is 0.102. The van der Waals surface area contributed by atoms with E-state index in [4.69, 9.17) is 9.47 Å². The quantitative estimate of drug-likeness (QED) is 0.455. The molecule has 0 atom stereocenters. The van der Waals surface area contributed by atoms with E-state index >= 15 is 0 Å². The summed E-state index contributed by atoms with van der Waals surface area (Å²) in [6, 6.07) is 15.7. The van der Waals surface area contributed by atoms with Gasteiger partial charge in [-0.05, 0) is 32.0 Å². The van der Waals surface area contributed by atoms with Gasteiger partial charge >= 0.3 is 0 Å². The SMILES string of the molecule is CC(C)n1ncc2cc(C(=O)Nc3cc4c(cc3Sc3ccccc3)OCCO4)cnc21. The minimum absolute atomic E-state index is 0.190. The molecular formula is C24H22N4O3S. The number of carbonyl (C=O) groups excluding carboxylic acids is 1. The number of benzene rings is 2. The number of ether oxygens (including phenoxy) is 2. The lowest BCUT2D eigenvalue weighted by Gasteiger charge is -2.21. The molecule has 4 aromatic rings. The summed E-state index contributed by atoms with van der Waals surface area (Å²) in [5, 5.41) is 8.23. The lowest BCUT2D eigenvalue weighted by atomic mass is 10.2. The van der Waals surface area contributed by atoms with Crippen LogP contribution in [0.1, 0.15) is 30.2 Å². The van der Waals surface area contributed by atoms with Crippen molar-refractivity contribution in [1.82, 2.24) is 14.8 Å². The van der Waals surface area contributed by atoms with Crippen LogP contribution in [0.4, 0.5) is 5.69 Å². The monoisotopic (exact) mass is 446 g/mol. The maximum absolute atomic E-state index is 13.1. The van der Waals surface area contributed by atoms with Gasteiger partial charge in [-0.25, -0.2) is 9.67 Å². The van der Waals surface area contributed by atoms with Crippen LogP contribution in [0.5, 0.6) is 11.5 Å². The van der Waals surface area contributed by atoms with E-state index in [1.807, 2.05) is 67.1 Å². The van der Waals surface area contributed by atoms with Gasteiger partial charge in [0.2, 0.25) is 0 Å². The molecule has 32 heavy (non-hydrogen) atoms. The molecule has 0 bridgehead atoms. The summed E-state index contributed by atoms with van der Waals surface area (Å²) in [6.45, 7) is 5.07. The first-order valence-corrected chi connectivity index (χ1v) is 11.2. The van der Waals surface area contributed by atoms with Crippen LogP contribution in [0, 0.1) is 0 Å². The Hall–Kier alpha value is -3.52. The van der Waals surface area contributed by atoms with Crippen LogP contribution in [0.25, 0.3) is 11.0 Å². The Morgan fingerprint density at radius 3 is 2.56 bits per heavy atom. The molecule has 1 amide bonds. The minimum atomic E-state index is -0.247. The predicted molar refractivity (Wildman–Crippen MR) is 124 cm³/mol. The molecule has 1 aliphatic heterocycles. The van der Waals surface area contributed by atoms with Gasteiger partial charge in [0.15, 0.2) is 17.1 Å². The van der Waals surface area contributed by atoms with Gasteiger partial charge in [0.1, 0.15) is 13.2 Å². The Balaban J connectivity index is 1.47. The van der Waals surface area contributed by atoms with E-state index in [9.17, 15) is 4.79 Å². The largest absolute Gasteiger partial charge is 0.486 e. The highest BCUT2D eigenvalue weighted by molar-refractivity contribution is 7.99. The number of rotatable bonds is 5. The second kappa shape index (κ2) is 8.55. The number of pyridine rings is 1. The van der Waals surface area contributed by atoms with Gasteiger partial charge in [-0.2, -0.15) is 5.10 Å². The fourth-order valence-corrected chi connectivity index (χ4v) is 4.44. The minimum Gasteiger partial charge on any atom is -0.486 e. The average molecular weight is 447 g/mol. The number of anilines is 1. The summed E-state index contributed by atoms with van der Waals surface area (Å²) in [6.07, 6.45) is 3.32. The Kier molecular flexibility index (Phi) is 5.45. The van der Waals surface area contributed by atoms with Crippen LogP contribution < -0.4 is 14.8 Å². The summed E-state index contributed by atoms with van der Waals surface area (Å²) in [5.41, 5.74) is 1.88. The first kappa shape index (κ1) is 20.4. The van der Waals surface area contributed by atoms with Crippen molar-refractivity contribution in [2.24, 2.45) is 0 Å². The molecule has 0 spiro atoms. The number of carbonyl (C=O) groups is 1. The highest BCUT2D eigenvalue weighted by atomic mass is 32.2. The maximum atomic E-state index is 13.1. The molecule has 162 valence electrons. The first-order chi connectivity index (χ1) is 15.6. The third-order valence-corrected chi connectivity index (χ3v) is 6.11. The second-order valence-corrected chi connectivity index (χ2v) is 8.80. The van der Waals surface area contributed by atoms with Crippen molar-refractivity contribution < 1.29 is 14.3 Å². The maximum Gasteiger partial charge on any atom is 0.257 e. The van der Waals surface area contributed by atoms with Crippen molar-refractivity contribution in [3.8, 4) is 11.5 Å². The van der Waals surface area contributed by atoms with Crippen molar-refractivity contribution in [1.29, 1.82) is 0 Å². The van der Waals surface area contributed by atoms with Crippen LogP contribution in [0.3, 0.4) is 0 Å². The normalized spacial score (nSPS) is 12.8. The molecule has 0 unspecified atom stereocenters. The molecule has 7 nitrogen and oxygen atoms in total. The standard InChI is InChI=1S/C24H22N4O3S/c1-15(2)28-23-16(14-26-28)10-17(13-25-23)24(29)27-19-11-20-21(31-9-8-30-20)12-22(19)32-18-6-4-3-5-7-18/h3-7,10-15H,8-9H2,1-2H3,(H,27,29). The summed E-state index contributed by atoms with van der Waals surface area (Å²) < 4.78 is 13.3. The zero-order valence-corrected chi connectivity index (χ0v) is 18.6. The van der Waals surface area contributed by atoms with Crippen molar-refractivity contribution in [2.45, 2.75) is 29.7 Å². The molecular weight excluding hydrogens is 424 g/mol. The molecule has 0 radical (unpaired) electrons. The van der Waals surface area contributed by atoms with Gasteiger partial charge in [-0.15, -0.1) is 0 Å². The molecule has 8 heteroatoms. The van der Waals surface area contributed by atoms with Gasteiger partial charge in [0, 0.05) is 39.5 Å². The average Bonchev–Trinajstić information content (AvgIpc) is 3.24. The van der Waals surface area contributed by atoms with E-state index in [-0.39, 0.29) is 11.9 Å². The molecule has 2 aromatic carbocycles. The molecule has 1 aliphatic rings. The fraction of sp³-hybridized carbons (Fsp3) is 0.208. The van der Waals surface area contributed by atoms with E-state index in [0.29, 0.717) is 36.0 Å². The van der Waals surface area contributed by atoms with E-state index in [1.54, 1.807) is 24.2 Å². The Morgan fingerprint density at radius 1 is 1.06 bits per heavy atom. The fourth-order valence-electron chi connectivity index (χ4n) is 3.50. The van der Waals surface area contributed by atoms with Crippen LogP contribution in [-0.4, -0.2) is 33.9 Å². The van der Waals surface area contributed by atoms with Crippen molar-refractivity contribution in [3.63, 3.8) is 0 Å². The topological polar surface area (TPSA) is 78.3 Å². The van der Waals surface area contributed by atoms with Crippen molar-refractivity contribution in [3.05, 3.63) is 66.5 Å². The molecule has 0 aliphatic carbocycles. The van der Waals surface area contributed by atoms with Crippen LogP contribution in [0.2, 0.25) is 0 Å². The summed E-state index contributed by atoms with van der Waals surface area (Å²) >= 11 is 1.55. The molecule has 5 rings (SSSR count). The highest BCUT2D eigenvalue weighted by Gasteiger charge is 2.19. The van der Waals surface area contributed by atoms with E-state index in [2.05, 4.69) is 15.4 Å². The Labute approximate surface area is 189 Å². The third kappa shape index (κ3) is 4.01.